The minimum absolute atomic E-state index is 0.668. The third kappa shape index (κ3) is 6.25. The second-order valence-corrected chi connectivity index (χ2v) is 6.31. The Hall–Kier alpha value is -1.66. The Morgan fingerprint density at radius 1 is 0.731 bits per heavy atom. The number of nitrogen functional groups attached to an aromatic ring is 1. The number of methoxy groups -OCH3 is 2. The van der Waals surface area contributed by atoms with Gasteiger partial charge in [-0.3, -0.25) is 0 Å². The molecule has 0 aliphatic rings. The molecule has 1 rings (SSSR count). The summed E-state index contributed by atoms with van der Waals surface area (Å²) < 4.78 is 10.9. The van der Waals surface area contributed by atoms with Crippen LogP contribution >= 0.6 is 0 Å². The number of hydrogen-bond acceptors (Lipinski definition) is 6. The van der Waals surface area contributed by atoms with E-state index in [-0.39, 0.29) is 0 Å². The maximum Gasteiger partial charge on any atom is 0.162 e. The number of rotatable bonds is 13. The first-order valence-electron chi connectivity index (χ1n) is 9.75. The molecule has 0 heterocycles. The SMILES string of the molecule is CCN(CC)CCN(CCN(CC)CC)c1cc(OC)c(OC)cc1N. The molecule has 0 aliphatic carbocycles. The molecule has 0 radical (unpaired) electrons. The van der Waals surface area contributed by atoms with Crippen LogP contribution in [0.1, 0.15) is 27.7 Å². The Morgan fingerprint density at radius 3 is 1.54 bits per heavy atom. The highest BCUT2D eigenvalue weighted by Crippen LogP contribution is 2.36. The Morgan fingerprint density at radius 2 is 1.15 bits per heavy atom. The lowest BCUT2D eigenvalue weighted by atomic mass is 10.2. The molecule has 0 aliphatic heterocycles. The van der Waals surface area contributed by atoms with Crippen LogP contribution in [0.4, 0.5) is 11.4 Å². The minimum Gasteiger partial charge on any atom is -0.493 e. The predicted molar refractivity (Wildman–Crippen MR) is 112 cm³/mol. The molecule has 150 valence electrons. The molecule has 1 aromatic rings. The minimum atomic E-state index is 0.668. The van der Waals surface area contributed by atoms with Crippen molar-refractivity contribution in [2.45, 2.75) is 27.7 Å². The maximum atomic E-state index is 6.36. The van der Waals surface area contributed by atoms with E-state index in [1.165, 1.54) is 0 Å². The molecule has 6 nitrogen and oxygen atoms in total. The van der Waals surface area contributed by atoms with Gasteiger partial charge in [0.25, 0.3) is 0 Å². The van der Waals surface area contributed by atoms with Gasteiger partial charge in [-0.25, -0.2) is 0 Å². The molecule has 0 saturated carbocycles. The van der Waals surface area contributed by atoms with Crippen LogP contribution in [0.25, 0.3) is 0 Å². The van der Waals surface area contributed by atoms with Crippen molar-refractivity contribution >= 4 is 11.4 Å². The zero-order valence-corrected chi connectivity index (χ0v) is 17.5. The first kappa shape index (κ1) is 22.4. The van der Waals surface area contributed by atoms with E-state index in [4.69, 9.17) is 15.2 Å². The van der Waals surface area contributed by atoms with Gasteiger partial charge < -0.3 is 29.9 Å². The third-order valence-electron chi connectivity index (χ3n) is 5.03. The molecule has 0 amide bonds. The average Bonchev–Trinajstić information content (AvgIpc) is 2.67. The number of benzene rings is 1. The van der Waals surface area contributed by atoms with Gasteiger partial charge in [0.15, 0.2) is 11.5 Å². The third-order valence-corrected chi connectivity index (χ3v) is 5.03. The summed E-state index contributed by atoms with van der Waals surface area (Å²) in [4.78, 5) is 7.23. The molecule has 0 aromatic heterocycles. The topological polar surface area (TPSA) is 54.2 Å². The smallest absolute Gasteiger partial charge is 0.162 e. The van der Waals surface area contributed by atoms with Crippen molar-refractivity contribution < 1.29 is 9.47 Å². The van der Waals surface area contributed by atoms with Crippen LogP contribution in [0.5, 0.6) is 11.5 Å². The summed E-state index contributed by atoms with van der Waals surface area (Å²) in [5, 5.41) is 0. The van der Waals surface area contributed by atoms with Gasteiger partial charge in [0, 0.05) is 38.3 Å². The molecule has 6 heteroatoms. The molecule has 1 aromatic carbocycles. The fraction of sp³-hybridized carbons (Fsp3) is 0.700. The molecule has 0 bridgehead atoms. The van der Waals surface area contributed by atoms with Crippen LogP contribution in [-0.2, 0) is 0 Å². The lowest BCUT2D eigenvalue weighted by Gasteiger charge is -2.31. The summed E-state index contributed by atoms with van der Waals surface area (Å²) in [7, 11) is 3.30. The average molecular weight is 367 g/mol. The highest BCUT2D eigenvalue weighted by atomic mass is 16.5. The first-order chi connectivity index (χ1) is 12.5. The van der Waals surface area contributed by atoms with Gasteiger partial charge in [0.05, 0.1) is 25.6 Å². The van der Waals surface area contributed by atoms with Crippen LogP contribution in [-0.4, -0.2) is 76.4 Å². The van der Waals surface area contributed by atoms with Gasteiger partial charge in [0.1, 0.15) is 0 Å². The summed E-state index contributed by atoms with van der Waals surface area (Å²) in [5.41, 5.74) is 8.10. The van der Waals surface area contributed by atoms with Crippen LogP contribution in [0.15, 0.2) is 12.1 Å². The quantitative estimate of drug-likeness (QED) is 0.542. The van der Waals surface area contributed by atoms with Crippen molar-refractivity contribution in [2.75, 3.05) is 77.2 Å². The molecule has 0 spiro atoms. The first-order valence-corrected chi connectivity index (χ1v) is 9.75. The van der Waals surface area contributed by atoms with E-state index in [2.05, 4.69) is 42.4 Å². The highest BCUT2D eigenvalue weighted by Gasteiger charge is 2.16. The lowest BCUT2D eigenvalue weighted by molar-refractivity contribution is 0.294. The Labute approximate surface area is 159 Å². The Bertz CT molecular complexity index is 501. The van der Waals surface area contributed by atoms with Crippen molar-refractivity contribution in [2.24, 2.45) is 0 Å². The number of likely N-dealkylation sites (N-methyl/N-ethyl adjacent to an activating group) is 2. The zero-order chi connectivity index (χ0) is 19.5. The molecular weight excluding hydrogens is 328 g/mol. The maximum absolute atomic E-state index is 6.36. The summed E-state index contributed by atoms with van der Waals surface area (Å²) >= 11 is 0. The summed E-state index contributed by atoms with van der Waals surface area (Å²) in [5.74, 6) is 1.38. The number of anilines is 2. The van der Waals surface area contributed by atoms with E-state index < -0.39 is 0 Å². The van der Waals surface area contributed by atoms with Crippen molar-refractivity contribution in [1.29, 1.82) is 0 Å². The summed E-state index contributed by atoms with van der Waals surface area (Å²) in [6, 6.07) is 3.86. The van der Waals surface area contributed by atoms with Crippen molar-refractivity contribution in [3.05, 3.63) is 12.1 Å². The molecule has 2 N–H and O–H groups in total. The van der Waals surface area contributed by atoms with Gasteiger partial charge in [-0.05, 0) is 26.2 Å². The molecular formula is C20H38N4O2. The Kier molecular flexibility index (Phi) is 10.2. The van der Waals surface area contributed by atoms with Gasteiger partial charge in [-0.2, -0.15) is 0 Å². The van der Waals surface area contributed by atoms with Crippen LogP contribution in [0.2, 0.25) is 0 Å². The van der Waals surface area contributed by atoms with E-state index in [1.54, 1.807) is 14.2 Å². The Balaban J connectivity index is 3.05. The number of ether oxygens (including phenoxy) is 2. The molecule has 26 heavy (non-hydrogen) atoms. The van der Waals surface area contributed by atoms with Gasteiger partial charge in [-0.15, -0.1) is 0 Å². The molecule has 0 fully saturated rings. The highest BCUT2D eigenvalue weighted by molar-refractivity contribution is 5.73. The van der Waals surface area contributed by atoms with Crippen LogP contribution in [0.3, 0.4) is 0 Å². The molecule has 0 saturated heterocycles. The van der Waals surface area contributed by atoms with E-state index in [9.17, 15) is 0 Å². The second-order valence-electron chi connectivity index (χ2n) is 6.31. The normalized spacial score (nSPS) is 11.2. The summed E-state index contributed by atoms with van der Waals surface area (Å²) in [6.45, 7) is 16.9. The van der Waals surface area contributed by atoms with Crippen molar-refractivity contribution in [1.82, 2.24) is 9.80 Å². The van der Waals surface area contributed by atoms with E-state index in [0.717, 1.165) is 63.7 Å². The number of hydrogen-bond donors (Lipinski definition) is 1. The van der Waals surface area contributed by atoms with Gasteiger partial charge in [0.2, 0.25) is 0 Å². The molecule has 0 unspecified atom stereocenters. The lowest BCUT2D eigenvalue weighted by Crippen LogP contribution is -2.40. The van der Waals surface area contributed by atoms with Crippen LogP contribution < -0.4 is 20.1 Å². The monoisotopic (exact) mass is 366 g/mol. The number of nitrogens with zero attached hydrogens (tertiary/aromatic N) is 3. The summed E-state index contributed by atoms with van der Waals surface area (Å²) in [6.07, 6.45) is 0. The van der Waals surface area contributed by atoms with E-state index >= 15 is 0 Å². The van der Waals surface area contributed by atoms with Gasteiger partial charge in [-0.1, -0.05) is 27.7 Å². The van der Waals surface area contributed by atoms with Gasteiger partial charge >= 0.3 is 0 Å². The second kappa shape index (κ2) is 11.9. The fourth-order valence-electron chi connectivity index (χ4n) is 3.11. The predicted octanol–water partition coefficient (Wildman–Crippen LogP) is 2.78. The molecule has 0 atom stereocenters. The fourth-order valence-corrected chi connectivity index (χ4v) is 3.11. The van der Waals surface area contributed by atoms with Crippen molar-refractivity contribution in [3.63, 3.8) is 0 Å². The van der Waals surface area contributed by atoms with Crippen LogP contribution in [0, 0.1) is 0 Å². The number of nitrogens with two attached hydrogens (primary N) is 1. The van der Waals surface area contributed by atoms with Crippen molar-refractivity contribution in [3.8, 4) is 11.5 Å². The van der Waals surface area contributed by atoms with E-state index in [1.807, 2.05) is 12.1 Å². The zero-order valence-electron chi connectivity index (χ0n) is 17.5. The van der Waals surface area contributed by atoms with E-state index in [0.29, 0.717) is 11.5 Å². The standard InChI is InChI=1S/C20H38N4O2/c1-7-22(8-2)11-13-24(14-12-23(9-3)10-4)18-16-20(26-6)19(25-5)15-17(18)21/h15-16H,7-14,21H2,1-6H3. The largest absolute Gasteiger partial charge is 0.493 e.